The molecule has 0 spiro atoms. The zero-order valence-corrected chi connectivity index (χ0v) is 15.8. The van der Waals surface area contributed by atoms with E-state index in [0.29, 0.717) is 5.25 Å². The van der Waals surface area contributed by atoms with Crippen molar-refractivity contribution in [1.82, 2.24) is 15.3 Å². The lowest BCUT2D eigenvalue weighted by Gasteiger charge is -2.13. The Morgan fingerprint density at radius 3 is 2.73 bits per heavy atom. The third-order valence-electron chi connectivity index (χ3n) is 4.59. The second-order valence-electron chi connectivity index (χ2n) is 6.50. The molecule has 3 aromatic rings. The van der Waals surface area contributed by atoms with Crippen molar-refractivity contribution in [2.75, 3.05) is 19.5 Å². The number of H-pyrrole nitrogens is 1. The molecule has 4 rings (SSSR count). The summed E-state index contributed by atoms with van der Waals surface area (Å²) in [6.45, 7) is 3.10. The molecular weight excluding hydrogens is 346 g/mol. The first-order valence-electron chi connectivity index (χ1n) is 8.83. The molecule has 0 amide bonds. The Morgan fingerprint density at radius 2 is 2.00 bits per heavy atom. The highest BCUT2D eigenvalue weighted by molar-refractivity contribution is 8.00. The summed E-state index contributed by atoms with van der Waals surface area (Å²) in [5.41, 5.74) is 3.21. The maximum atomic E-state index is 6.07. The number of hydrogen-bond donors (Lipinski definition) is 2. The molecule has 2 aromatic carbocycles. The van der Waals surface area contributed by atoms with Crippen molar-refractivity contribution >= 4 is 22.8 Å². The second kappa shape index (κ2) is 7.60. The van der Waals surface area contributed by atoms with Crippen LogP contribution in [0.1, 0.15) is 24.4 Å². The Balaban J connectivity index is 1.43. The average Bonchev–Trinajstić information content (AvgIpc) is 3.32. The lowest BCUT2D eigenvalue weighted by Crippen LogP contribution is -2.14. The number of nitrogens with zero attached hydrogens (tertiary/aromatic N) is 1. The molecule has 0 saturated carbocycles. The van der Waals surface area contributed by atoms with Crippen LogP contribution in [0.2, 0.25) is 0 Å². The van der Waals surface area contributed by atoms with E-state index in [-0.39, 0.29) is 6.10 Å². The minimum Gasteiger partial charge on any atom is -0.497 e. The van der Waals surface area contributed by atoms with Crippen LogP contribution >= 0.6 is 11.8 Å². The lowest BCUT2D eigenvalue weighted by molar-refractivity contribution is 0.218. The van der Waals surface area contributed by atoms with Crippen LogP contribution in [-0.4, -0.2) is 34.7 Å². The smallest absolute Gasteiger partial charge is 0.153 e. The van der Waals surface area contributed by atoms with Crippen molar-refractivity contribution in [3.63, 3.8) is 0 Å². The molecule has 136 valence electrons. The first-order chi connectivity index (χ1) is 12.7. The fraction of sp³-hybridized carbons (Fsp3) is 0.350. The highest BCUT2D eigenvalue weighted by atomic mass is 32.2. The molecule has 1 aliphatic heterocycles. The van der Waals surface area contributed by atoms with E-state index in [0.717, 1.165) is 47.2 Å². The quantitative estimate of drug-likeness (QED) is 0.690. The standard InChI is InChI=1S/C20H23N3O2S/c1-13(20-22-18-8-7-16(24-2)10-19(18)23-20)25-15-5-3-14(4-6-15)9-17-11-21-12-26-17/h3-8,10,13,17,21H,9,11-12H2,1-2H3,(H,22,23). The van der Waals surface area contributed by atoms with Gasteiger partial charge in [-0.05, 0) is 43.2 Å². The van der Waals surface area contributed by atoms with Crippen molar-refractivity contribution in [3.05, 3.63) is 53.9 Å². The van der Waals surface area contributed by atoms with Gasteiger partial charge in [-0.15, -0.1) is 11.8 Å². The molecule has 2 unspecified atom stereocenters. The van der Waals surface area contributed by atoms with Gasteiger partial charge < -0.3 is 19.8 Å². The SMILES string of the molecule is COc1ccc2nc(C(C)Oc3ccc(CC4CNCS4)cc3)[nH]c2c1. The lowest BCUT2D eigenvalue weighted by atomic mass is 10.1. The van der Waals surface area contributed by atoms with E-state index in [1.807, 2.05) is 49.0 Å². The van der Waals surface area contributed by atoms with Gasteiger partial charge in [0.25, 0.3) is 0 Å². The number of nitrogens with one attached hydrogen (secondary N) is 2. The number of ether oxygens (including phenoxy) is 2. The fourth-order valence-corrected chi connectivity index (χ4v) is 4.16. The molecule has 0 aliphatic carbocycles. The zero-order valence-electron chi connectivity index (χ0n) is 15.0. The molecule has 1 aromatic heterocycles. The summed E-state index contributed by atoms with van der Waals surface area (Å²) in [7, 11) is 1.66. The van der Waals surface area contributed by atoms with Crippen molar-refractivity contribution in [2.45, 2.75) is 24.7 Å². The number of hydrogen-bond acceptors (Lipinski definition) is 5. The topological polar surface area (TPSA) is 59.2 Å². The van der Waals surface area contributed by atoms with Crippen molar-refractivity contribution < 1.29 is 9.47 Å². The summed E-state index contributed by atoms with van der Waals surface area (Å²) in [6, 6.07) is 14.2. The summed E-state index contributed by atoms with van der Waals surface area (Å²) in [5.74, 6) is 3.54. The van der Waals surface area contributed by atoms with Gasteiger partial charge in [0.2, 0.25) is 0 Å². The van der Waals surface area contributed by atoms with Crippen LogP contribution in [0.15, 0.2) is 42.5 Å². The predicted molar refractivity (Wildman–Crippen MR) is 106 cm³/mol. The number of methoxy groups -OCH3 is 1. The fourth-order valence-electron chi connectivity index (χ4n) is 3.14. The first-order valence-corrected chi connectivity index (χ1v) is 9.88. The van der Waals surface area contributed by atoms with E-state index >= 15 is 0 Å². The Kier molecular flexibility index (Phi) is 5.04. The average molecular weight is 369 g/mol. The van der Waals surface area contributed by atoms with Crippen LogP contribution in [0.25, 0.3) is 11.0 Å². The van der Waals surface area contributed by atoms with Crippen LogP contribution in [0.4, 0.5) is 0 Å². The summed E-state index contributed by atoms with van der Waals surface area (Å²) in [6.07, 6.45) is 0.938. The van der Waals surface area contributed by atoms with E-state index in [1.165, 1.54) is 5.56 Å². The predicted octanol–water partition coefficient (Wildman–Crippen LogP) is 3.92. The highest BCUT2D eigenvalue weighted by Gasteiger charge is 2.16. The van der Waals surface area contributed by atoms with E-state index in [1.54, 1.807) is 7.11 Å². The molecule has 2 heterocycles. The van der Waals surface area contributed by atoms with Crippen molar-refractivity contribution in [2.24, 2.45) is 0 Å². The van der Waals surface area contributed by atoms with Gasteiger partial charge in [-0.2, -0.15) is 0 Å². The molecular formula is C20H23N3O2S. The van der Waals surface area contributed by atoms with Gasteiger partial charge in [0.15, 0.2) is 6.10 Å². The number of aromatic nitrogens is 2. The van der Waals surface area contributed by atoms with Crippen LogP contribution in [0, 0.1) is 0 Å². The molecule has 6 heteroatoms. The number of rotatable bonds is 6. The molecule has 1 aliphatic rings. The number of imidazole rings is 1. The monoisotopic (exact) mass is 369 g/mol. The maximum absolute atomic E-state index is 6.07. The second-order valence-corrected chi connectivity index (χ2v) is 7.79. The Morgan fingerprint density at radius 1 is 1.19 bits per heavy atom. The van der Waals surface area contributed by atoms with Gasteiger partial charge in [0, 0.05) is 23.7 Å². The maximum Gasteiger partial charge on any atom is 0.153 e. The minimum atomic E-state index is -0.158. The van der Waals surface area contributed by atoms with Gasteiger partial charge in [-0.25, -0.2) is 4.98 Å². The summed E-state index contributed by atoms with van der Waals surface area (Å²) in [5, 5.41) is 4.06. The van der Waals surface area contributed by atoms with Gasteiger partial charge in [-0.3, -0.25) is 0 Å². The zero-order chi connectivity index (χ0) is 17.9. The Bertz CT molecular complexity index is 872. The Hall–Kier alpha value is -2.18. The van der Waals surface area contributed by atoms with Gasteiger partial charge >= 0.3 is 0 Å². The van der Waals surface area contributed by atoms with Gasteiger partial charge in [0.1, 0.15) is 17.3 Å². The molecule has 2 N–H and O–H groups in total. The molecule has 26 heavy (non-hydrogen) atoms. The first kappa shape index (κ1) is 17.2. The largest absolute Gasteiger partial charge is 0.497 e. The van der Waals surface area contributed by atoms with E-state index in [2.05, 4.69) is 27.4 Å². The third kappa shape index (κ3) is 3.81. The molecule has 1 saturated heterocycles. The number of thioether (sulfide) groups is 1. The van der Waals surface area contributed by atoms with Gasteiger partial charge in [-0.1, -0.05) is 12.1 Å². The molecule has 1 fully saturated rings. The minimum absolute atomic E-state index is 0.158. The normalized spacial score (nSPS) is 18.2. The van der Waals surface area contributed by atoms with E-state index < -0.39 is 0 Å². The van der Waals surface area contributed by atoms with Crippen LogP contribution < -0.4 is 14.8 Å². The number of fused-ring (bicyclic) bond motifs is 1. The van der Waals surface area contributed by atoms with Crippen LogP contribution in [0.5, 0.6) is 11.5 Å². The van der Waals surface area contributed by atoms with Crippen LogP contribution in [-0.2, 0) is 6.42 Å². The highest BCUT2D eigenvalue weighted by Crippen LogP contribution is 2.25. The van der Waals surface area contributed by atoms with Crippen molar-refractivity contribution in [3.8, 4) is 11.5 Å². The molecule has 0 radical (unpaired) electrons. The summed E-state index contributed by atoms with van der Waals surface area (Å²) >= 11 is 1.99. The number of aromatic amines is 1. The molecule has 0 bridgehead atoms. The molecule has 5 nitrogen and oxygen atoms in total. The van der Waals surface area contributed by atoms with Gasteiger partial charge in [0.05, 0.1) is 18.1 Å². The Labute approximate surface area is 157 Å². The van der Waals surface area contributed by atoms with Crippen LogP contribution in [0.3, 0.4) is 0 Å². The molecule has 2 atom stereocenters. The third-order valence-corrected chi connectivity index (χ3v) is 5.76. The summed E-state index contributed by atoms with van der Waals surface area (Å²) < 4.78 is 11.3. The number of benzene rings is 2. The summed E-state index contributed by atoms with van der Waals surface area (Å²) in [4.78, 5) is 7.95. The van der Waals surface area contributed by atoms with E-state index in [4.69, 9.17) is 9.47 Å². The van der Waals surface area contributed by atoms with E-state index in [9.17, 15) is 0 Å². The van der Waals surface area contributed by atoms with Crippen molar-refractivity contribution in [1.29, 1.82) is 0 Å².